The third kappa shape index (κ3) is 3.95. The summed E-state index contributed by atoms with van der Waals surface area (Å²) in [5.41, 5.74) is 2.08. The van der Waals surface area contributed by atoms with Gasteiger partial charge in [-0.15, -0.1) is 11.3 Å². The minimum absolute atomic E-state index is 0.803. The zero-order valence-electron chi connectivity index (χ0n) is 14.5. The lowest BCUT2D eigenvalue weighted by molar-refractivity contribution is 0.123. The molecule has 1 saturated heterocycles. The monoisotopic (exact) mass is 363 g/mol. The molecule has 2 heterocycles. The number of hydrogen-bond donors (Lipinski definition) is 0. The number of thiophene rings is 1. The first-order valence-electron chi connectivity index (χ1n) is 8.77. The van der Waals surface area contributed by atoms with Crippen LogP contribution in [0.4, 0.5) is 16.4 Å². The van der Waals surface area contributed by atoms with Gasteiger partial charge >= 0.3 is 0 Å². The van der Waals surface area contributed by atoms with Crippen LogP contribution < -0.4 is 9.91 Å². The van der Waals surface area contributed by atoms with Gasteiger partial charge in [-0.1, -0.05) is 36.4 Å². The topological polar surface area (TPSA) is 28.1 Å². The van der Waals surface area contributed by atoms with Crippen molar-refractivity contribution in [3.8, 4) is 0 Å². The Balaban J connectivity index is 1.57. The maximum Gasteiger partial charge on any atom is 0.0916 e. The molecule has 0 saturated carbocycles. The fourth-order valence-electron chi connectivity index (χ4n) is 2.90. The summed E-state index contributed by atoms with van der Waals surface area (Å²) in [6.07, 6.45) is 1.94. The Morgan fingerprint density at radius 1 is 0.846 bits per heavy atom. The molecule has 3 aromatic rings. The lowest BCUT2D eigenvalue weighted by Crippen LogP contribution is -2.35. The highest BCUT2D eigenvalue weighted by Crippen LogP contribution is 2.28. The van der Waals surface area contributed by atoms with E-state index in [0.29, 0.717) is 0 Å². The molecule has 5 heteroatoms. The molecule has 1 fully saturated rings. The number of hydrazone groups is 1. The fourth-order valence-corrected chi connectivity index (χ4v) is 3.83. The first-order valence-corrected chi connectivity index (χ1v) is 9.58. The van der Waals surface area contributed by atoms with E-state index >= 15 is 0 Å². The Kier molecular flexibility index (Phi) is 5.28. The SMILES string of the molecule is C(=N/N(c1ccccc1)c1ccccc1)/c1ccc(N2CCOCC2)s1. The summed E-state index contributed by atoms with van der Waals surface area (Å²) < 4.78 is 5.43. The van der Waals surface area contributed by atoms with Gasteiger partial charge in [0.25, 0.3) is 0 Å². The van der Waals surface area contributed by atoms with Gasteiger partial charge in [-0.25, -0.2) is 5.01 Å². The van der Waals surface area contributed by atoms with Crippen LogP contribution in [-0.4, -0.2) is 32.5 Å². The number of rotatable bonds is 5. The van der Waals surface area contributed by atoms with Crippen LogP contribution in [-0.2, 0) is 4.74 Å². The fraction of sp³-hybridized carbons (Fsp3) is 0.190. The van der Waals surface area contributed by atoms with Crippen LogP contribution in [0.2, 0.25) is 0 Å². The molecule has 4 nitrogen and oxygen atoms in total. The van der Waals surface area contributed by atoms with E-state index in [0.717, 1.165) is 42.6 Å². The van der Waals surface area contributed by atoms with Crippen LogP contribution >= 0.6 is 11.3 Å². The second-order valence-electron chi connectivity index (χ2n) is 6.00. The molecule has 26 heavy (non-hydrogen) atoms. The first kappa shape index (κ1) is 16.8. The van der Waals surface area contributed by atoms with Gasteiger partial charge in [-0.05, 0) is 36.4 Å². The van der Waals surface area contributed by atoms with Crippen molar-refractivity contribution < 1.29 is 4.74 Å². The molecular formula is C21H21N3OS. The van der Waals surface area contributed by atoms with Crippen LogP contribution in [0.1, 0.15) is 4.88 Å². The molecule has 1 aliphatic heterocycles. The molecule has 0 atom stereocenters. The zero-order valence-corrected chi connectivity index (χ0v) is 15.3. The number of nitrogens with zero attached hydrogens (tertiary/aromatic N) is 3. The van der Waals surface area contributed by atoms with Crippen molar-refractivity contribution in [2.45, 2.75) is 0 Å². The van der Waals surface area contributed by atoms with Crippen LogP contribution in [0.5, 0.6) is 0 Å². The molecule has 0 radical (unpaired) electrons. The summed E-state index contributed by atoms with van der Waals surface area (Å²) in [6, 6.07) is 24.7. The van der Waals surface area contributed by atoms with Crippen LogP contribution in [0, 0.1) is 0 Å². The van der Waals surface area contributed by atoms with Gasteiger partial charge in [0.2, 0.25) is 0 Å². The number of para-hydroxylation sites is 2. The predicted molar refractivity (Wildman–Crippen MR) is 110 cm³/mol. The molecule has 0 unspecified atom stereocenters. The summed E-state index contributed by atoms with van der Waals surface area (Å²) in [4.78, 5) is 3.51. The van der Waals surface area contributed by atoms with E-state index in [9.17, 15) is 0 Å². The van der Waals surface area contributed by atoms with Crippen molar-refractivity contribution in [3.63, 3.8) is 0 Å². The van der Waals surface area contributed by atoms with Gasteiger partial charge in [0, 0.05) is 18.0 Å². The number of morpholine rings is 1. The van der Waals surface area contributed by atoms with Crippen molar-refractivity contribution in [2.24, 2.45) is 5.10 Å². The Bertz CT molecular complexity index is 802. The van der Waals surface area contributed by atoms with E-state index in [2.05, 4.69) is 41.3 Å². The first-order chi connectivity index (χ1) is 12.9. The molecule has 0 amide bonds. The van der Waals surface area contributed by atoms with E-state index in [1.807, 2.05) is 47.6 Å². The molecule has 0 N–H and O–H groups in total. The number of benzene rings is 2. The average Bonchev–Trinajstić information content (AvgIpc) is 3.20. The molecule has 4 rings (SSSR count). The number of hydrogen-bond acceptors (Lipinski definition) is 5. The minimum atomic E-state index is 0.803. The van der Waals surface area contributed by atoms with Gasteiger partial charge < -0.3 is 9.64 Å². The third-order valence-corrected chi connectivity index (χ3v) is 5.32. The molecule has 1 aromatic heterocycles. The zero-order chi connectivity index (χ0) is 17.6. The van der Waals surface area contributed by atoms with E-state index in [1.54, 1.807) is 11.3 Å². The highest BCUT2D eigenvalue weighted by atomic mass is 32.1. The molecule has 1 aliphatic rings. The molecular weight excluding hydrogens is 342 g/mol. The van der Waals surface area contributed by atoms with Crippen LogP contribution in [0.15, 0.2) is 77.9 Å². The van der Waals surface area contributed by atoms with Crippen LogP contribution in [0.3, 0.4) is 0 Å². The summed E-state index contributed by atoms with van der Waals surface area (Å²) in [6.45, 7) is 3.52. The summed E-state index contributed by atoms with van der Waals surface area (Å²) in [5, 5.41) is 8.01. The van der Waals surface area contributed by atoms with E-state index in [4.69, 9.17) is 9.84 Å². The van der Waals surface area contributed by atoms with Gasteiger partial charge in [-0.3, -0.25) is 0 Å². The normalized spacial score (nSPS) is 14.7. The minimum Gasteiger partial charge on any atom is -0.378 e. The largest absolute Gasteiger partial charge is 0.378 e. The molecule has 0 spiro atoms. The maximum atomic E-state index is 5.43. The number of anilines is 3. The van der Waals surface area contributed by atoms with Crippen molar-refractivity contribution in [1.29, 1.82) is 0 Å². The molecule has 2 aromatic carbocycles. The second-order valence-corrected chi connectivity index (χ2v) is 7.10. The smallest absolute Gasteiger partial charge is 0.0916 e. The average molecular weight is 363 g/mol. The highest BCUT2D eigenvalue weighted by Gasteiger charge is 2.13. The Morgan fingerprint density at radius 2 is 1.46 bits per heavy atom. The van der Waals surface area contributed by atoms with Gasteiger partial charge in [0.1, 0.15) is 0 Å². The molecule has 0 bridgehead atoms. The van der Waals surface area contributed by atoms with E-state index in [1.165, 1.54) is 5.00 Å². The number of ether oxygens (including phenoxy) is 1. The second kappa shape index (κ2) is 8.17. The standard InChI is InChI=1S/C21H21N3OS/c1-3-7-18(8-4-1)24(19-9-5-2-6-10-19)22-17-20-11-12-21(26-20)23-13-15-25-16-14-23/h1-12,17H,13-16H2/b22-17-. The predicted octanol–water partition coefficient (Wildman–Crippen LogP) is 4.76. The van der Waals surface area contributed by atoms with Crippen molar-refractivity contribution >= 4 is 33.9 Å². The Morgan fingerprint density at radius 3 is 2.08 bits per heavy atom. The van der Waals surface area contributed by atoms with Crippen LogP contribution in [0.25, 0.3) is 0 Å². The lowest BCUT2D eigenvalue weighted by Gasteiger charge is -2.27. The van der Waals surface area contributed by atoms with E-state index < -0.39 is 0 Å². The quantitative estimate of drug-likeness (QED) is 0.483. The van der Waals surface area contributed by atoms with Gasteiger partial charge in [0.05, 0.1) is 35.8 Å². The van der Waals surface area contributed by atoms with Crippen molar-refractivity contribution in [1.82, 2.24) is 0 Å². The Hall–Kier alpha value is -2.63. The summed E-state index contributed by atoms with van der Waals surface area (Å²) in [5.74, 6) is 0. The lowest BCUT2D eigenvalue weighted by atomic mass is 10.2. The summed E-state index contributed by atoms with van der Waals surface area (Å²) >= 11 is 1.77. The summed E-state index contributed by atoms with van der Waals surface area (Å²) in [7, 11) is 0. The van der Waals surface area contributed by atoms with Gasteiger partial charge in [-0.2, -0.15) is 5.10 Å². The molecule has 132 valence electrons. The molecule has 0 aliphatic carbocycles. The van der Waals surface area contributed by atoms with Gasteiger partial charge in [0.15, 0.2) is 0 Å². The van der Waals surface area contributed by atoms with Crippen molar-refractivity contribution in [2.75, 3.05) is 36.2 Å². The Labute approximate surface area is 158 Å². The van der Waals surface area contributed by atoms with Crippen molar-refractivity contribution in [3.05, 3.63) is 77.7 Å². The maximum absolute atomic E-state index is 5.43. The third-order valence-electron chi connectivity index (χ3n) is 4.24. The highest BCUT2D eigenvalue weighted by molar-refractivity contribution is 7.17. The van der Waals surface area contributed by atoms with E-state index in [-0.39, 0.29) is 0 Å².